The minimum atomic E-state index is -0.272. The normalized spacial score (nSPS) is 19.7. The van der Waals surface area contributed by atoms with E-state index in [9.17, 15) is 4.79 Å². The van der Waals surface area contributed by atoms with E-state index in [4.69, 9.17) is 17.0 Å². The van der Waals surface area contributed by atoms with Gasteiger partial charge in [0.2, 0.25) is 0 Å². The van der Waals surface area contributed by atoms with Crippen molar-refractivity contribution in [2.24, 2.45) is 0 Å². The fourth-order valence-corrected chi connectivity index (χ4v) is 4.66. The Hall–Kier alpha value is -2.60. The molecule has 0 radical (unpaired) electrons. The van der Waals surface area contributed by atoms with Crippen molar-refractivity contribution in [3.8, 4) is 5.75 Å². The fourth-order valence-electron chi connectivity index (χ4n) is 4.40. The first kappa shape index (κ1) is 21.6. The first-order valence-electron chi connectivity index (χ1n) is 11.1. The predicted molar refractivity (Wildman–Crippen MR) is 129 cm³/mol. The van der Waals surface area contributed by atoms with Gasteiger partial charge in [0.1, 0.15) is 11.4 Å². The quantitative estimate of drug-likeness (QED) is 0.646. The van der Waals surface area contributed by atoms with E-state index >= 15 is 0 Å². The summed E-state index contributed by atoms with van der Waals surface area (Å²) < 4.78 is 6.15. The molecule has 0 spiro atoms. The predicted octanol–water partition coefficient (Wildman–Crippen LogP) is 5.21. The Labute approximate surface area is 190 Å². The van der Waals surface area contributed by atoms with Gasteiger partial charge < -0.3 is 20.3 Å². The summed E-state index contributed by atoms with van der Waals surface area (Å²) >= 11 is 5.60. The number of amides is 1. The molecule has 0 saturated carbocycles. The number of fused-ring (bicyclic) bond motifs is 1. The summed E-state index contributed by atoms with van der Waals surface area (Å²) in [5.74, 6) is 1.02. The number of rotatable bonds is 3. The van der Waals surface area contributed by atoms with Crippen LogP contribution in [-0.4, -0.2) is 34.6 Å². The highest BCUT2D eigenvalue weighted by atomic mass is 32.1. The van der Waals surface area contributed by atoms with Gasteiger partial charge in [-0.25, -0.2) is 0 Å². The number of nitrogens with zero attached hydrogens (tertiary/aromatic N) is 1. The van der Waals surface area contributed by atoms with Crippen molar-refractivity contribution < 1.29 is 9.53 Å². The number of likely N-dealkylation sites (tertiary alicyclic amines) is 1. The Morgan fingerprint density at radius 3 is 2.52 bits per heavy atom. The number of carbonyl (C=O) groups excluding carboxylic acids is 1. The number of piperidine rings is 1. The summed E-state index contributed by atoms with van der Waals surface area (Å²) in [7, 11) is 0. The molecule has 2 aromatic carbocycles. The third kappa shape index (κ3) is 5.18. The van der Waals surface area contributed by atoms with Crippen LogP contribution in [0.2, 0.25) is 0 Å². The first-order valence-corrected chi connectivity index (χ1v) is 11.5. The van der Waals surface area contributed by atoms with Crippen LogP contribution in [0.25, 0.3) is 0 Å². The number of benzene rings is 2. The molecule has 2 heterocycles. The molecule has 1 atom stereocenters. The van der Waals surface area contributed by atoms with Crippen LogP contribution >= 0.6 is 12.2 Å². The Balaban J connectivity index is 1.41. The molecular weight excluding hydrogens is 406 g/mol. The van der Waals surface area contributed by atoms with Gasteiger partial charge in [-0.05, 0) is 82.6 Å². The Bertz CT molecular complexity index is 965. The number of carbonyl (C=O) groups is 1. The molecule has 2 N–H and O–H groups in total. The molecule has 0 aliphatic carbocycles. The van der Waals surface area contributed by atoms with Gasteiger partial charge in [0.15, 0.2) is 5.11 Å². The maximum atomic E-state index is 12.7. The summed E-state index contributed by atoms with van der Waals surface area (Å²) in [5.41, 5.74) is 3.64. The van der Waals surface area contributed by atoms with E-state index in [1.807, 2.05) is 35.2 Å². The lowest BCUT2D eigenvalue weighted by Gasteiger charge is -2.38. The zero-order valence-corrected chi connectivity index (χ0v) is 19.3. The zero-order valence-electron chi connectivity index (χ0n) is 18.5. The first-order chi connectivity index (χ1) is 14.8. The summed E-state index contributed by atoms with van der Waals surface area (Å²) in [6.45, 7) is 7.99. The lowest BCUT2D eigenvalue weighted by atomic mass is 9.89. The van der Waals surface area contributed by atoms with Crippen LogP contribution in [0.5, 0.6) is 5.75 Å². The molecular formula is C25H31N3O2S. The molecule has 1 amide bonds. The van der Waals surface area contributed by atoms with E-state index in [0.717, 1.165) is 54.9 Å². The maximum Gasteiger partial charge on any atom is 0.253 e. The van der Waals surface area contributed by atoms with Crippen LogP contribution in [0.4, 0.5) is 5.69 Å². The number of nitrogens with one attached hydrogen (secondary N) is 2. The van der Waals surface area contributed by atoms with Gasteiger partial charge in [0.05, 0.1) is 6.04 Å². The Morgan fingerprint density at radius 2 is 1.81 bits per heavy atom. The van der Waals surface area contributed by atoms with Crippen molar-refractivity contribution in [3.63, 3.8) is 0 Å². The van der Waals surface area contributed by atoms with Gasteiger partial charge in [-0.1, -0.05) is 17.7 Å². The SMILES string of the molecule is Cc1ccc2c(c1)[C@H](NC(=S)Nc1ccc(C(=O)N3CCCCC3)cc1)CC(C)(C)O2. The van der Waals surface area contributed by atoms with Crippen molar-refractivity contribution in [1.82, 2.24) is 10.2 Å². The number of ether oxygens (including phenoxy) is 1. The van der Waals surface area contributed by atoms with Crippen molar-refractivity contribution >= 4 is 28.9 Å². The third-order valence-electron chi connectivity index (χ3n) is 5.96. The highest BCUT2D eigenvalue weighted by molar-refractivity contribution is 7.80. The zero-order chi connectivity index (χ0) is 22.0. The van der Waals surface area contributed by atoms with Crippen molar-refractivity contribution in [2.75, 3.05) is 18.4 Å². The van der Waals surface area contributed by atoms with Crippen LogP contribution in [0, 0.1) is 6.92 Å². The number of anilines is 1. The van der Waals surface area contributed by atoms with Crippen molar-refractivity contribution in [1.29, 1.82) is 0 Å². The molecule has 0 bridgehead atoms. The standard InChI is InChI=1S/C25H31N3O2S/c1-17-7-12-22-20(15-17)21(16-25(2,3)30-22)27-24(31)26-19-10-8-18(9-11-19)23(29)28-13-5-4-6-14-28/h7-12,15,21H,4-6,13-14,16H2,1-3H3,(H2,26,27,31)/t21-/m1/s1. The van der Waals surface area contributed by atoms with Gasteiger partial charge in [-0.3, -0.25) is 4.79 Å². The van der Waals surface area contributed by atoms with Gasteiger partial charge in [0, 0.05) is 36.3 Å². The summed E-state index contributed by atoms with van der Waals surface area (Å²) in [4.78, 5) is 14.6. The molecule has 5 nitrogen and oxygen atoms in total. The van der Waals surface area contributed by atoms with E-state index in [1.165, 1.54) is 12.0 Å². The second kappa shape index (κ2) is 8.87. The number of hydrogen-bond donors (Lipinski definition) is 2. The lowest BCUT2D eigenvalue weighted by molar-refractivity contribution is 0.0695. The van der Waals surface area contributed by atoms with Crippen LogP contribution in [0.15, 0.2) is 42.5 Å². The van der Waals surface area contributed by atoms with Crippen molar-refractivity contribution in [3.05, 3.63) is 59.2 Å². The average molecular weight is 438 g/mol. The number of aryl methyl sites for hydroxylation is 1. The molecule has 1 fully saturated rings. The smallest absolute Gasteiger partial charge is 0.253 e. The highest BCUT2D eigenvalue weighted by Gasteiger charge is 2.34. The van der Waals surface area contributed by atoms with Gasteiger partial charge in [-0.2, -0.15) is 0 Å². The van der Waals surface area contributed by atoms with Crippen LogP contribution in [-0.2, 0) is 0 Å². The van der Waals surface area contributed by atoms with E-state index < -0.39 is 0 Å². The second-order valence-electron chi connectivity index (χ2n) is 9.19. The number of hydrogen-bond acceptors (Lipinski definition) is 3. The monoisotopic (exact) mass is 437 g/mol. The van der Waals surface area contributed by atoms with E-state index in [2.05, 4.69) is 43.5 Å². The average Bonchev–Trinajstić information content (AvgIpc) is 2.74. The fraction of sp³-hybridized carbons (Fsp3) is 0.440. The molecule has 31 heavy (non-hydrogen) atoms. The Kier molecular flexibility index (Phi) is 6.19. The van der Waals surface area contributed by atoms with Crippen LogP contribution in [0.3, 0.4) is 0 Å². The molecule has 0 aromatic heterocycles. The van der Waals surface area contributed by atoms with E-state index in [0.29, 0.717) is 5.11 Å². The molecule has 2 aromatic rings. The van der Waals surface area contributed by atoms with Gasteiger partial charge in [-0.15, -0.1) is 0 Å². The molecule has 164 valence electrons. The maximum absolute atomic E-state index is 12.7. The number of thiocarbonyl (C=S) groups is 1. The van der Waals surface area contributed by atoms with Crippen molar-refractivity contribution in [2.45, 2.75) is 58.1 Å². The Morgan fingerprint density at radius 1 is 1.10 bits per heavy atom. The van der Waals surface area contributed by atoms with Gasteiger partial charge in [0.25, 0.3) is 5.91 Å². The molecule has 2 aliphatic rings. The van der Waals surface area contributed by atoms with Gasteiger partial charge >= 0.3 is 0 Å². The molecule has 1 saturated heterocycles. The third-order valence-corrected chi connectivity index (χ3v) is 6.18. The molecule has 2 aliphatic heterocycles. The van der Waals surface area contributed by atoms with E-state index in [-0.39, 0.29) is 17.6 Å². The largest absolute Gasteiger partial charge is 0.487 e. The second-order valence-corrected chi connectivity index (χ2v) is 9.60. The topological polar surface area (TPSA) is 53.6 Å². The minimum Gasteiger partial charge on any atom is -0.487 e. The molecule has 4 rings (SSSR count). The molecule has 0 unspecified atom stereocenters. The van der Waals surface area contributed by atoms with E-state index in [1.54, 1.807) is 0 Å². The van der Waals surface area contributed by atoms with Crippen LogP contribution in [0.1, 0.15) is 67.1 Å². The summed E-state index contributed by atoms with van der Waals surface area (Å²) in [6.07, 6.45) is 4.22. The minimum absolute atomic E-state index is 0.0682. The lowest BCUT2D eigenvalue weighted by Crippen LogP contribution is -2.42. The highest BCUT2D eigenvalue weighted by Crippen LogP contribution is 2.39. The van der Waals surface area contributed by atoms with Crippen LogP contribution < -0.4 is 15.4 Å². The summed E-state index contributed by atoms with van der Waals surface area (Å²) in [5, 5.41) is 7.28. The summed E-state index contributed by atoms with van der Waals surface area (Å²) in [6, 6.07) is 13.9. The molecule has 6 heteroatoms.